The lowest BCUT2D eigenvalue weighted by Gasteiger charge is -2.10. The molecule has 0 aliphatic heterocycles. The molecule has 0 fully saturated rings. The minimum atomic E-state index is -3.47. The summed E-state index contributed by atoms with van der Waals surface area (Å²) in [5, 5.41) is 8.73. The Morgan fingerprint density at radius 3 is 2.48 bits per heavy atom. The Morgan fingerprint density at radius 2 is 1.84 bits per heavy atom. The predicted molar refractivity (Wildman–Crippen MR) is 94.4 cm³/mol. The van der Waals surface area contributed by atoms with Crippen LogP contribution >= 0.6 is 11.8 Å². The fourth-order valence-corrected chi connectivity index (χ4v) is 3.49. The third-order valence-electron chi connectivity index (χ3n) is 3.32. The van der Waals surface area contributed by atoms with Crippen molar-refractivity contribution in [2.75, 3.05) is 14.1 Å². The molecule has 0 unspecified atom stereocenters. The molecule has 0 aliphatic carbocycles. The molecule has 2 aromatic heterocycles. The van der Waals surface area contributed by atoms with Crippen LogP contribution in [0.1, 0.15) is 5.89 Å². The summed E-state index contributed by atoms with van der Waals surface area (Å²) in [6.07, 6.45) is 1.35. The average molecular weight is 376 g/mol. The van der Waals surface area contributed by atoms with Crippen LogP contribution in [0.4, 0.5) is 0 Å². The van der Waals surface area contributed by atoms with Crippen LogP contribution in [0.5, 0.6) is 0 Å². The number of benzene rings is 1. The van der Waals surface area contributed by atoms with E-state index in [4.69, 9.17) is 4.42 Å². The van der Waals surface area contributed by atoms with Crippen LogP contribution in [0.25, 0.3) is 11.5 Å². The third kappa shape index (κ3) is 4.06. The van der Waals surface area contributed by atoms with E-state index in [-0.39, 0.29) is 4.90 Å². The van der Waals surface area contributed by atoms with Crippen LogP contribution in [-0.2, 0) is 15.8 Å². The van der Waals surface area contributed by atoms with Gasteiger partial charge in [-0.2, -0.15) is 0 Å². The smallest absolute Gasteiger partial charge is 0.247 e. The van der Waals surface area contributed by atoms with Gasteiger partial charge in [0, 0.05) is 25.9 Å². The Hall–Kier alpha value is -2.23. The topological polar surface area (TPSA) is 89.2 Å². The maximum Gasteiger partial charge on any atom is 0.247 e. The number of sulfonamides is 1. The van der Waals surface area contributed by atoms with Crippen molar-refractivity contribution in [3.05, 3.63) is 54.6 Å². The van der Waals surface area contributed by atoms with Gasteiger partial charge < -0.3 is 4.42 Å². The molecule has 0 saturated heterocycles. The Labute approximate surface area is 150 Å². The first-order valence-electron chi connectivity index (χ1n) is 7.36. The first-order valence-corrected chi connectivity index (χ1v) is 9.78. The highest BCUT2D eigenvalue weighted by Crippen LogP contribution is 2.24. The highest BCUT2D eigenvalue weighted by Gasteiger charge is 2.17. The molecule has 130 valence electrons. The van der Waals surface area contributed by atoms with Gasteiger partial charge in [0.05, 0.1) is 10.8 Å². The molecule has 2 heterocycles. The van der Waals surface area contributed by atoms with Gasteiger partial charge in [-0.25, -0.2) is 17.7 Å². The minimum absolute atomic E-state index is 0.158. The number of pyridine rings is 1. The molecule has 0 radical (unpaired) electrons. The van der Waals surface area contributed by atoms with E-state index in [0.29, 0.717) is 22.6 Å². The van der Waals surface area contributed by atoms with Gasteiger partial charge in [0.1, 0.15) is 4.90 Å². The highest BCUT2D eigenvalue weighted by atomic mass is 32.2. The molecule has 0 aliphatic rings. The molecule has 9 heteroatoms. The number of nitrogens with zero attached hydrogens (tertiary/aromatic N) is 4. The zero-order valence-corrected chi connectivity index (χ0v) is 15.3. The van der Waals surface area contributed by atoms with Gasteiger partial charge in [-0.1, -0.05) is 30.0 Å². The van der Waals surface area contributed by atoms with E-state index in [0.717, 1.165) is 9.87 Å². The van der Waals surface area contributed by atoms with Gasteiger partial charge in [0.25, 0.3) is 0 Å². The van der Waals surface area contributed by atoms with Crippen molar-refractivity contribution in [1.29, 1.82) is 0 Å². The molecular weight excluding hydrogens is 360 g/mol. The minimum Gasteiger partial charge on any atom is -0.420 e. The summed E-state index contributed by atoms with van der Waals surface area (Å²) in [5.74, 6) is 1.40. The van der Waals surface area contributed by atoms with Crippen LogP contribution < -0.4 is 0 Å². The predicted octanol–water partition coefficient (Wildman–Crippen LogP) is 2.67. The Kier molecular flexibility index (Phi) is 5.16. The Morgan fingerprint density at radius 1 is 1.08 bits per heavy atom. The van der Waals surface area contributed by atoms with Crippen molar-refractivity contribution in [3.8, 4) is 11.5 Å². The lowest BCUT2D eigenvalue weighted by Crippen LogP contribution is -2.22. The summed E-state index contributed by atoms with van der Waals surface area (Å²) in [5.41, 5.74) is 0.864. The van der Waals surface area contributed by atoms with E-state index in [1.165, 1.54) is 38.1 Å². The van der Waals surface area contributed by atoms with Crippen molar-refractivity contribution in [3.63, 3.8) is 0 Å². The Bertz CT molecular complexity index is 939. The molecule has 0 bridgehead atoms. The average Bonchev–Trinajstić information content (AvgIpc) is 3.10. The van der Waals surface area contributed by atoms with Gasteiger partial charge in [0.15, 0.2) is 0 Å². The molecule has 3 aromatic rings. The number of aromatic nitrogens is 3. The van der Waals surface area contributed by atoms with Gasteiger partial charge >= 0.3 is 0 Å². The van der Waals surface area contributed by atoms with Gasteiger partial charge in [-0.15, -0.1) is 10.2 Å². The van der Waals surface area contributed by atoms with Crippen LogP contribution in [-0.4, -0.2) is 42.0 Å². The second-order valence-electron chi connectivity index (χ2n) is 5.28. The monoisotopic (exact) mass is 376 g/mol. The van der Waals surface area contributed by atoms with Crippen molar-refractivity contribution in [2.45, 2.75) is 15.7 Å². The largest absolute Gasteiger partial charge is 0.420 e. The Balaban J connectivity index is 1.66. The number of hydrogen-bond donors (Lipinski definition) is 0. The van der Waals surface area contributed by atoms with Gasteiger partial charge in [0.2, 0.25) is 21.8 Å². The maximum atomic E-state index is 12.0. The first-order chi connectivity index (χ1) is 12.0. The normalized spacial score (nSPS) is 11.8. The fourth-order valence-electron chi connectivity index (χ4n) is 1.96. The van der Waals surface area contributed by atoms with Crippen molar-refractivity contribution >= 4 is 21.8 Å². The highest BCUT2D eigenvalue weighted by molar-refractivity contribution is 7.98. The summed E-state index contributed by atoms with van der Waals surface area (Å²) in [4.78, 5) is 4.33. The number of thioether (sulfide) groups is 1. The van der Waals surface area contributed by atoms with Gasteiger partial charge in [-0.05, 0) is 24.3 Å². The summed E-state index contributed by atoms with van der Waals surface area (Å²) >= 11 is 1.39. The van der Waals surface area contributed by atoms with E-state index in [2.05, 4.69) is 15.2 Å². The lowest BCUT2D eigenvalue weighted by molar-refractivity contribution is 0.520. The first kappa shape index (κ1) is 17.6. The van der Waals surface area contributed by atoms with E-state index < -0.39 is 10.0 Å². The molecule has 0 amide bonds. The standard InChI is InChI=1S/C16H16N4O3S2/c1-20(2)25(21,22)13-8-9-15(17-10-13)24-11-14-18-19-16(23-14)12-6-4-3-5-7-12/h3-10H,11H2,1-2H3. The lowest BCUT2D eigenvalue weighted by atomic mass is 10.2. The van der Waals surface area contributed by atoms with Crippen molar-refractivity contribution in [2.24, 2.45) is 0 Å². The molecule has 0 N–H and O–H groups in total. The van der Waals surface area contributed by atoms with Crippen molar-refractivity contribution < 1.29 is 12.8 Å². The van der Waals surface area contributed by atoms with Gasteiger partial charge in [-0.3, -0.25) is 0 Å². The zero-order chi connectivity index (χ0) is 17.9. The summed E-state index contributed by atoms with van der Waals surface area (Å²) in [6, 6.07) is 12.7. The third-order valence-corrected chi connectivity index (χ3v) is 6.05. The summed E-state index contributed by atoms with van der Waals surface area (Å²) in [6.45, 7) is 0. The van der Waals surface area contributed by atoms with E-state index in [1.54, 1.807) is 6.07 Å². The quantitative estimate of drug-likeness (QED) is 0.611. The molecule has 0 spiro atoms. The van der Waals surface area contributed by atoms with E-state index in [1.807, 2.05) is 30.3 Å². The summed E-state index contributed by atoms with van der Waals surface area (Å²) < 4.78 is 30.8. The molecular formula is C16H16N4O3S2. The van der Waals surface area contributed by atoms with Crippen molar-refractivity contribution in [1.82, 2.24) is 19.5 Å². The van der Waals surface area contributed by atoms with Crippen LogP contribution in [0.2, 0.25) is 0 Å². The number of hydrogen-bond acceptors (Lipinski definition) is 7. The SMILES string of the molecule is CN(C)S(=O)(=O)c1ccc(SCc2nnc(-c3ccccc3)o2)nc1. The zero-order valence-electron chi connectivity index (χ0n) is 13.7. The molecule has 1 aromatic carbocycles. The molecule has 0 saturated carbocycles. The molecule has 25 heavy (non-hydrogen) atoms. The van der Waals surface area contributed by atoms with Crippen LogP contribution in [0, 0.1) is 0 Å². The molecule has 0 atom stereocenters. The maximum absolute atomic E-state index is 12.0. The van der Waals surface area contributed by atoms with E-state index >= 15 is 0 Å². The van der Waals surface area contributed by atoms with Crippen LogP contribution in [0.3, 0.4) is 0 Å². The molecule has 3 rings (SSSR count). The summed E-state index contributed by atoms with van der Waals surface area (Å²) in [7, 11) is -0.499. The van der Waals surface area contributed by atoms with Crippen LogP contribution in [0.15, 0.2) is 63.0 Å². The second kappa shape index (κ2) is 7.34. The number of rotatable bonds is 6. The second-order valence-corrected chi connectivity index (χ2v) is 8.42. The van der Waals surface area contributed by atoms with E-state index in [9.17, 15) is 8.42 Å². The fraction of sp³-hybridized carbons (Fsp3) is 0.188. The molecule has 7 nitrogen and oxygen atoms in total.